The van der Waals surface area contributed by atoms with Gasteiger partial charge in [0.25, 0.3) is 0 Å². The highest BCUT2D eigenvalue weighted by atomic mass is 79.9. The first-order chi connectivity index (χ1) is 10.1. The number of rotatable bonds is 4. The Hall–Kier alpha value is -0.380. The molecule has 0 radical (unpaired) electrons. The van der Waals surface area contributed by atoms with Crippen molar-refractivity contribution in [1.29, 1.82) is 0 Å². The predicted molar refractivity (Wildman–Crippen MR) is 84.7 cm³/mol. The lowest BCUT2D eigenvalue weighted by Crippen LogP contribution is -3.00. The largest absolute Gasteiger partial charge is 1.00 e. The summed E-state index contributed by atoms with van der Waals surface area (Å²) in [6.07, 6.45) is 8.16. The van der Waals surface area contributed by atoms with Crippen molar-refractivity contribution in [2.75, 3.05) is 6.54 Å². The van der Waals surface area contributed by atoms with Gasteiger partial charge in [0.05, 0.1) is 6.54 Å². The lowest BCUT2D eigenvalue weighted by molar-refractivity contribution is -0.0186. The van der Waals surface area contributed by atoms with Crippen LogP contribution in [0.2, 0.25) is 5.02 Å². The zero-order valence-corrected chi connectivity index (χ0v) is 15.0. The van der Waals surface area contributed by atoms with Crippen LogP contribution in [0.1, 0.15) is 48.9 Å². The topological polar surface area (TPSA) is 29.1 Å². The summed E-state index contributed by atoms with van der Waals surface area (Å²) in [4.78, 5) is 12.3. The molecular weight excluding hydrogens is 362 g/mol. The smallest absolute Gasteiger partial charge is 0.176 e. The average Bonchev–Trinajstić information content (AvgIpc) is 2.44. The maximum atomic E-state index is 12.3. The molecule has 4 aliphatic rings. The Balaban J connectivity index is 0.00000144. The van der Waals surface area contributed by atoms with Crippen molar-refractivity contribution in [3.05, 3.63) is 34.9 Å². The lowest BCUT2D eigenvalue weighted by Gasteiger charge is -2.57. The van der Waals surface area contributed by atoms with Gasteiger partial charge < -0.3 is 22.3 Å². The minimum atomic E-state index is 0. The second-order valence-electron chi connectivity index (χ2n) is 7.48. The molecule has 0 unspecified atom stereocenters. The summed E-state index contributed by atoms with van der Waals surface area (Å²) in [6.45, 7) is 0.466. The Morgan fingerprint density at radius 1 is 1.05 bits per heavy atom. The highest BCUT2D eigenvalue weighted by molar-refractivity contribution is 6.30. The van der Waals surface area contributed by atoms with E-state index in [-0.39, 0.29) is 28.3 Å². The summed E-state index contributed by atoms with van der Waals surface area (Å²) in [5, 5.41) is 4.34. The van der Waals surface area contributed by atoms with Crippen molar-refractivity contribution in [3.63, 3.8) is 0 Å². The number of carbonyl (C=O) groups is 1. The van der Waals surface area contributed by atoms with Gasteiger partial charge in [-0.1, -0.05) is 11.6 Å². The fraction of sp³-hybridized carbons (Fsp3) is 0.611. The second kappa shape index (κ2) is 6.26. The van der Waals surface area contributed by atoms with Crippen LogP contribution in [0.3, 0.4) is 0 Å². The molecule has 0 saturated heterocycles. The van der Waals surface area contributed by atoms with Crippen LogP contribution in [0.5, 0.6) is 0 Å². The van der Waals surface area contributed by atoms with Crippen LogP contribution in [-0.4, -0.2) is 17.9 Å². The molecule has 120 valence electrons. The Morgan fingerprint density at radius 3 is 2.05 bits per heavy atom. The van der Waals surface area contributed by atoms with Gasteiger partial charge in [0, 0.05) is 16.1 Å². The molecule has 4 fully saturated rings. The van der Waals surface area contributed by atoms with Crippen LogP contribution in [0.25, 0.3) is 0 Å². The van der Waals surface area contributed by atoms with Gasteiger partial charge in [-0.25, -0.2) is 0 Å². The molecule has 0 atom stereocenters. The van der Waals surface area contributed by atoms with E-state index < -0.39 is 0 Å². The quantitative estimate of drug-likeness (QED) is 0.789. The van der Waals surface area contributed by atoms with Crippen LogP contribution < -0.4 is 22.3 Å². The lowest BCUT2D eigenvalue weighted by atomic mass is 9.53. The number of carbonyl (C=O) groups excluding carboxylic acids is 1. The van der Waals surface area contributed by atoms with Gasteiger partial charge in [-0.05, 0) is 80.5 Å². The molecule has 1 aromatic rings. The van der Waals surface area contributed by atoms with Crippen LogP contribution in [0.4, 0.5) is 0 Å². The Kier molecular flexibility index (Phi) is 4.69. The third-order valence-corrected chi connectivity index (χ3v) is 6.08. The maximum absolute atomic E-state index is 12.3. The Bertz CT molecular complexity index is 521. The van der Waals surface area contributed by atoms with Crippen LogP contribution in [0.15, 0.2) is 24.3 Å². The molecule has 2 nitrogen and oxygen atoms in total. The van der Waals surface area contributed by atoms with E-state index in [9.17, 15) is 4.79 Å². The molecule has 5 rings (SSSR count). The SMILES string of the molecule is O=C(CNC12CC3CC(CC(C3)C1)C2)c1ccc(Cl)cc1.[Br-]. The summed E-state index contributed by atoms with van der Waals surface area (Å²) in [5.41, 5.74) is 1.02. The number of benzene rings is 1. The molecule has 1 N–H and O–H groups in total. The third kappa shape index (κ3) is 3.13. The van der Waals surface area contributed by atoms with E-state index >= 15 is 0 Å². The molecule has 22 heavy (non-hydrogen) atoms. The fourth-order valence-corrected chi connectivity index (χ4v) is 5.46. The molecule has 0 amide bonds. The Labute approximate surface area is 147 Å². The molecule has 0 aromatic heterocycles. The van der Waals surface area contributed by atoms with E-state index in [1.54, 1.807) is 12.1 Å². The van der Waals surface area contributed by atoms with E-state index in [1.165, 1.54) is 38.5 Å². The molecule has 1 aromatic carbocycles. The van der Waals surface area contributed by atoms with Gasteiger partial charge in [-0.2, -0.15) is 0 Å². The molecule has 4 bridgehead atoms. The van der Waals surface area contributed by atoms with E-state index in [2.05, 4.69) is 5.32 Å². The first-order valence-corrected chi connectivity index (χ1v) is 8.53. The maximum Gasteiger partial charge on any atom is 0.176 e. The normalized spacial score (nSPS) is 35.2. The van der Waals surface area contributed by atoms with Crippen LogP contribution >= 0.6 is 11.6 Å². The minimum absolute atomic E-state index is 0. The van der Waals surface area contributed by atoms with Crippen molar-refractivity contribution in [2.45, 2.75) is 44.1 Å². The molecular formula is C18H22BrClNO-. The molecule has 0 heterocycles. The highest BCUT2D eigenvalue weighted by Gasteiger charge is 2.50. The third-order valence-electron chi connectivity index (χ3n) is 5.83. The highest BCUT2D eigenvalue weighted by Crippen LogP contribution is 2.55. The monoisotopic (exact) mass is 382 g/mol. The first kappa shape index (κ1) is 16.5. The van der Waals surface area contributed by atoms with Gasteiger partial charge >= 0.3 is 0 Å². The summed E-state index contributed by atoms with van der Waals surface area (Å²) in [5.74, 6) is 2.92. The van der Waals surface area contributed by atoms with Crippen LogP contribution in [-0.2, 0) is 0 Å². The predicted octanol–water partition coefficient (Wildman–Crippen LogP) is 1.09. The van der Waals surface area contributed by atoms with Crippen molar-refractivity contribution in [1.82, 2.24) is 5.32 Å². The zero-order valence-electron chi connectivity index (χ0n) is 12.7. The van der Waals surface area contributed by atoms with E-state index in [0.29, 0.717) is 11.6 Å². The van der Waals surface area contributed by atoms with E-state index in [4.69, 9.17) is 11.6 Å². The standard InChI is InChI=1S/C18H22ClNO.BrH/c19-16-3-1-15(2-4-16)17(21)11-20-18-8-12-5-13(9-18)7-14(6-12)10-18;/h1-4,12-14,20H,5-11H2;1H/p-1. The fourth-order valence-electron chi connectivity index (χ4n) is 5.33. The molecule has 0 spiro atoms. The van der Waals surface area contributed by atoms with Gasteiger partial charge in [0.15, 0.2) is 5.78 Å². The van der Waals surface area contributed by atoms with Gasteiger partial charge in [0.1, 0.15) is 0 Å². The first-order valence-electron chi connectivity index (χ1n) is 8.16. The van der Waals surface area contributed by atoms with E-state index in [0.717, 1.165) is 23.3 Å². The number of Topliss-reactive ketones (excluding diaryl/α,β-unsaturated/α-hetero) is 1. The van der Waals surface area contributed by atoms with Gasteiger partial charge in [-0.15, -0.1) is 0 Å². The number of ketones is 1. The summed E-state index contributed by atoms with van der Waals surface area (Å²) >= 11 is 5.88. The van der Waals surface area contributed by atoms with E-state index in [1.807, 2.05) is 12.1 Å². The average molecular weight is 384 g/mol. The van der Waals surface area contributed by atoms with Gasteiger partial charge in [-0.3, -0.25) is 4.79 Å². The summed E-state index contributed by atoms with van der Waals surface area (Å²) in [6, 6.07) is 7.23. The minimum Gasteiger partial charge on any atom is -1.00 e. The number of nitrogens with one attached hydrogen (secondary N) is 1. The van der Waals surface area contributed by atoms with Crippen molar-refractivity contribution in [3.8, 4) is 0 Å². The summed E-state index contributed by atoms with van der Waals surface area (Å²) < 4.78 is 0. The molecule has 4 heteroatoms. The number of hydrogen-bond donors (Lipinski definition) is 1. The number of hydrogen-bond acceptors (Lipinski definition) is 2. The molecule has 0 aliphatic heterocycles. The molecule has 4 saturated carbocycles. The van der Waals surface area contributed by atoms with Crippen molar-refractivity contribution in [2.24, 2.45) is 17.8 Å². The number of halogens is 2. The van der Waals surface area contributed by atoms with Crippen molar-refractivity contribution >= 4 is 17.4 Å². The Morgan fingerprint density at radius 2 is 1.55 bits per heavy atom. The van der Waals surface area contributed by atoms with Crippen molar-refractivity contribution < 1.29 is 21.8 Å². The summed E-state index contributed by atoms with van der Waals surface area (Å²) in [7, 11) is 0. The molecule has 4 aliphatic carbocycles. The zero-order chi connectivity index (χ0) is 14.4. The van der Waals surface area contributed by atoms with Gasteiger partial charge in [0.2, 0.25) is 0 Å². The van der Waals surface area contributed by atoms with Crippen LogP contribution in [0, 0.1) is 17.8 Å². The second-order valence-corrected chi connectivity index (χ2v) is 7.92.